The standard InChI is InChI=1S/GeO13/c2-1-4-6-8-10-12-14-13-11-9-7-5-3. The van der Waals surface area contributed by atoms with Crippen LogP contribution >= 0.6 is 0 Å². The van der Waals surface area contributed by atoms with E-state index in [1.165, 1.54) is 0 Å². The molecular formula is GeO13. The first kappa shape index (κ1) is 13.7. The summed E-state index contributed by atoms with van der Waals surface area (Å²) in [5, 5.41) is 42.1. The number of hydrogen-bond acceptors (Lipinski definition) is 12. The van der Waals surface area contributed by atoms with Crippen LogP contribution in [0.3, 0.4) is 0 Å². The van der Waals surface area contributed by atoms with Gasteiger partial charge < -0.3 is 0 Å². The summed E-state index contributed by atoms with van der Waals surface area (Å²) < 4.78 is 13.3. The van der Waals surface area contributed by atoms with Gasteiger partial charge in [0.25, 0.3) is 0 Å². The van der Waals surface area contributed by atoms with Crippen LogP contribution in [0.25, 0.3) is 0 Å². The molecule has 0 amide bonds. The van der Waals surface area contributed by atoms with E-state index in [0.717, 1.165) is 0 Å². The van der Waals surface area contributed by atoms with Crippen molar-refractivity contribution in [2.24, 2.45) is 0 Å². The van der Waals surface area contributed by atoms with Gasteiger partial charge in [-0.25, -0.2) is 0 Å². The summed E-state index contributed by atoms with van der Waals surface area (Å²) in [7, 11) is 0. The molecule has 0 aromatic rings. The van der Waals surface area contributed by atoms with E-state index in [-0.39, 0.29) is 0 Å². The van der Waals surface area contributed by atoms with Crippen molar-refractivity contribution in [3.8, 4) is 0 Å². The van der Waals surface area contributed by atoms with E-state index in [2.05, 4.69) is 54.3 Å². The molecule has 0 bridgehead atoms. The maximum atomic E-state index is 9.62. The van der Waals surface area contributed by atoms with Crippen molar-refractivity contribution in [3.05, 3.63) is 0 Å². The Hall–Kier alpha value is -0.297. The van der Waals surface area contributed by atoms with Gasteiger partial charge in [0, 0.05) is 0 Å². The summed E-state index contributed by atoms with van der Waals surface area (Å²) in [6, 6.07) is 0. The first-order valence-corrected chi connectivity index (χ1v) is 3.95. The van der Waals surface area contributed by atoms with Gasteiger partial charge in [0.1, 0.15) is 0 Å². The first-order valence-electron chi connectivity index (χ1n) is 2.24. The van der Waals surface area contributed by atoms with Gasteiger partial charge in [-0.05, 0) is 0 Å². The van der Waals surface area contributed by atoms with Gasteiger partial charge in [-0.1, -0.05) is 0 Å². The van der Waals surface area contributed by atoms with Gasteiger partial charge in [-0.3, -0.25) is 0 Å². The maximum absolute atomic E-state index is 9.62. The Bertz CT molecular complexity index is 110. The third-order valence-corrected chi connectivity index (χ3v) is 0.604. The Balaban J connectivity index is 2.81. The van der Waals surface area contributed by atoms with E-state index in [9.17, 15) is 3.78 Å². The van der Waals surface area contributed by atoms with Crippen LogP contribution in [-0.4, -0.2) is 15.7 Å². The van der Waals surface area contributed by atoms with Gasteiger partial charge in [-0.15, -0.1) is 0 Å². The van der Waals surface area contributed by atoms with E-state index >= 15 is 0 Å². The second-order valence-electron chi connectivity index (χ2n) is 0.847. The molecule has 2 radical (unpaired) electrons. The molecule has 0 aromatic heterocycles. The SMILES string of the molecule is [O]OOOOOOOOOO[O][Ge]=[O]. The number of hydrogen-bond donors (Lipinski definition) is 0. The molecular weight excluding hydrogens is 281 g/mol. The molecule has 14 heteroatoms. The Labute approximate surface area is 80.0 Å². The van der Waals surface area contributed by atoms with E-state index < -0.39 is 15.7 Å². The van der Waals surface area contributed by atoms with Crippen molar-refractivity contribution >= 4 is 15.7 Å². The van der Waals surface area contributed by atoms with Crippen molar-refractivity contribution in [1.29, 1.82) is 0 Å². The normalized spacial score (nSPS) is 10.1. The second kappa shape index (κ2) is 12.7. The predicted molar refractivity (Wildman–Crippen MR) is 19.1 cm³/mol. The van der Waals surface area contributed by atoms with Crippen LogP contribution in [0.2, 0.25) is 0 Å². The summed E-state index contributed by atoms with van der Waals surface area (Å²) in [5.41, 5.74) is 0. The quantitative estimate of drug-likeness (QED) is 0.191. The monoisotopic (exact) mass is 282 g/mol. The van der Waals surface area contributed by atoms with Crippen LogP contribution in [0.1, 0.15) is 0 Å². The van der Waals surface area contributed by atoms with E-state index in [1.54, 1.807) is 0 Å². The molecule has 0 saturated carbocycles. The minimum absolute atomic E-state index is 1.95. The van der Waals surface area contributed by atoms with Crippen molar-refractivity contribution < 1.29 is 63.3 Å². The van der Waals surface area contributed by atoms with Crippen LogP contribution in [0.5, 0.6) is 0 Å². The van der Waals surface area contributed by atoms with E-state index in [1.807, 2.05) is 0 Å². The molecule has 82 valence electrons. The van der Waals surface area contributed by atoms with Crippen LogP contribution < -0.4 is 0 Å². The fraction of sp³-hybridized carbons (Fsp3) is 0. The third kappa shape index (κ3) is 11.7. The molecule has 0 saturated heterocycles. The zero-order chi connectivity index (χ0) is 10.5. The summed E-state index contributed by atoms with van der Waals surface area (Å²) in [6.45, 7) is 0. The predicted octanol–water partition coefficient (Wildman–Crippen LogP) is -1.37. The van der Waals surface area contributed by atoms with Crippen molar-refractivity contribution in [3.63, 3.8) is 0 Å². The topological polar surface area (TPSA) is 139 Å². The molecule has 0 unspecified atom stereocenters. The van der Waals surface area contributed by atoms with Gasteiger partial charge in [0.2, 0.25) is 0 Å². The Morgan fingerprint density at radius 3 is 1.50 bits per heavy atom. The zero-order valence-corrected chi connectivity index (χ0v) is 7.91. The van der Waals surface area contributed by atoms with E-state index in [4.69, 9.17) is 5.26 Å². The van der Waals surface area contributed by atoms with Gasteiger partial charge in [0.15, 0.2) is 0 Å². The molecule has 0 spiro atoms. The molecule has 13 nitrogen and oxygen atoms in total. The summed E-state index contributed by atoms with van der Waals surface area (Å²) in [5.74, 6) is 0. The molecule has 0 fully saturated rings. The van der Waals surface area contributed by atoms with Gasteiger partial charge in [-0.2, -0.15) is 0 Å². The van der Waals surface area contributed by atoms with Crippen molar-refractivity contribution in [2.75, 3.05) is 0 Å². The van der Waals surface area contributed by atoms with Gasteiger partial charge >= 0.3 is 79.0 Å². The Kier molecular flexibility index (Phi) is 12.4. The zero-order valence-electron chi connectivity index (χ0n) is 5.81. The third-order valence-electron chi connectivity index (χ3n) is 0.318. The molecule has 0 rings (SSSR count). The summed E-state index contributed by atoms with van der Waals surface area (Å²) in [6.07, 6.45) is 0. The molecule has 0 heterocycles. The van der Waals surface area contributed by atoms with Gasteiger partial charge in [0.05, 0.1) is 0 Å². The number of rotatable bonds is 11. The summed E-state index contributed by atoms with van der Waals surface area (Å²) in [4.78, 5) is 0. The van der Waals surface area contributed by atoms with Crippen molar-refractivity contribution in [2.45, 2.75) is 0 Å². The fourth-order valence-electron chi connectivity index (χ4n) is 0.118. The average molecular weight is 281 g/mol. The second-order valence-corrected chi connectivity index (χ2v) is 1.55. The molecule has 14 heavy (non-hydrogen) atoms. The molecule has 0 aliphatic carbocycles. The van der Waals surface area contributed by atoms with E-state index in [0.29, 0.717) is 0 Å². The molecule has 0 aliphatic heterocycles. The molecule has 0 atom stereocenters. The fourth-order valence-corrected chi connectivity index (χ4v) is 0.235. The molecule has 0 N–H and O–H groups in total. The average Bonchev–Trinajstić information content (AvgIpc) is 2.21. The molecule has 0 aliphatic rings. The first-order chi connectivity index (χ1) is 6.91. The van der Waals surface area contributed by atoms with Crippen LogP contribution in [0.15, 0.2) is 0 Å². The minimum atomic E-state index is -1.95. The van der Waals surface area contributed by atoms with Crippen LogP contribution in [-0.2, 0) is 63.3 Å². The molecule has 0 aromatic carbocycles. The summed E-state index contributed by atoms with van der Waals surface area (Å²) >= 11 is -1.95. The van der Waals surface area contributed by atoms with Crippen LogP contribution in [0.4, 0.5) is 0 Å². The Morgan fingerprint density at radius 1 is 0.643 bits per heavy atom. The van der Waals surface area contributed by atoms with Crippen molar-refractivity contribution in [1.82, 2.24) is 0 Å². The Morgan fingerprint density at radius 2 is 1.07 bits per heavy atom. The van der Waals surface area contributed by atoms with Crippen LogP contribution in [0, 0.1) is 0 Å².